The second-order valence-electron chi connectivity index (χ2n) is 15.7. The quantitative estimate of drug-likeness (QED) is 0.124. The zero-order valence-electron chi connectivity index (χ0n) is 32.5. The van der Waals surface area contributed by atoms with E-state index in [4.69, 9.17) is 21.8 Å². The van der Waals surface area contributed by atoms with Crippen LogP contribution in [0.4, 0.5) is 0 Å². The Bertz CT molecular complexity index is 3670. The Morgan fingerprint density at radius 1 is 0.467 bits per heavy atom. The lowest BCUT2D eigenvalue weighted by Crippen LogP contribution is -2.26. The molecule has 0 unspecified atom stereocenters. The number of nitrogens with zero attached hydrogens (tertiary/aromatic N) is 3. The molecule has 3 heterocycles. The van der Waals surface area contributed by atoms with Crippen molar-refractivity contribution in [3.05, 3.63) is 218 Å². The first-order valence-electron chi connectivity index (χ1n) is 20.4. The number of rotatable bonds is 6. The Balaban J connectivity index is 0.983. The first-order chi connectivity index (χ1) is 29.6. The van der Waals surface area contributed by atoms with E-state index in [9.17, 15) is 0 Å². The molecule has 3 aromatic heterocycles. The van der Waals surface area contributed by atoms with Gasteiger partial charge in [0.2, 0.25) is 0 Å². The molecule has 0 aliphatic rings. The Labute approximate surface area is 352 Å². The minimum atomic E-state index is -2.34. The summed E-state index contributed by atoms with van der Waals surface area (Å²) in [6.45, 7) is 0. The average Bonchev–Trinajstić information content (AvgIpc) is 3.71. The maximum Gasteiger partial charge on any atom is 0.146 e. The van der Waals surface area contributed by atoms with Gasteiger partial charge in [0, 0.05) is 27.9 Å². The van der Waals surface area contributed by atoms with Crippen LogP contribution in [0, 0.1) is 0 Å². The van der Waals surface area contributed by atoms with Crippen molar-refractivity contribution in [1.29, 1.82) is 0 Å². The summed E-state index contributed by atoms with van der Waals surface area (Å²) in [6, 6.07) is 69.7. The molecule has 9 aromatic carbocycles. The number of pyridine rings is 2. The first-order valence-corrected chi connectivity index (χ1v) is 23.2. The van der Waals surface area contributed by atoms with Gasteiger partial charge in [-0.2, -0.15) is 0 Å². The van der Waals surface area contributed by atoms with Gasteiger partial charge >= 0.3 is 0 Å². The first kappa shape index (κ1) is 35.0. The van der Waals surface area contributed by atoms with Crippen LogP contribution in [0.25, 0.3) is 81.8 Å². The van der Waals surface area contributed by atoms with Crippen LogP contribution in [0.3, 0.4) is 0 Å². The van der Waals surface area contributed by atoms with E-state index >= 15 is 0 Å². The summed E-state index contributed by atoms with van der Waals surface area (Å²) >= 11 is 6.58. The van der Waals surface area contributed by atoms with Crippen molar-refractivity contribution in [2.24, 2.45) is 0 Å². The minimum absolute atomic E-state index is 0.825. The van der Waals surface area contributed by atoms with E-state index in [2.05, 4.69) is 192 Å². The molecule has 0 saturated heterocycles. The summed E-state index contributed by atoms with van der Waals surface area (Å²) in [5, 5.41) is 13.4. The fourth-order valence-electron chi connectivity index (χ4n) is 9.44. The van der Waals surface area contributed by atoms with E-state index in [1.807, 2.05) is 18.3 Å². The van der Waals surface area contributed by atoms with E-state index in [1.165, 1.54) is 59.7 Å². The van der Waals surface area contributed by atoms with Gasteiger partial charge in [0.15, 0.2) is 0 Å². The fraction of sp³-hybridized carbons (Fsp3) is 0.0182. The molecule has 0 fully saturated rings. The second-order valence-corrected chi connectivity index (χ2v) is 20.1. The smallest absolute Gasteiger partial charge is 0.146 e. The molecule has 3 nitrogen and oxygen atoms in total. The van der Waals surface area contributed by atoms with Crippen LogP contribution in [0.1, 0.15) is 11.1 Å². The molecule has 0 spiro atoms. The summed E-state index contributed by atoms with van der Waals surface area (Å²) in [5.74, 6) is 0. The van der Waals surface area contributed by atoms with Crippen LogP contribution in [0.2, 0.25) is 0 Å². The van der Waals surface area contributed by atoms with Crippen LogP contribution in [0.15, 0.2) is 206 Å². The van der Waals surface area contributed by atoms with Gasteiger partial charge < -0.3 is 0 Å². The molecular weight excluding hydrogens is 766 g/mol. The predicted octanol–water partition coefficient (Wildman–Crippen LogP) is 12.7. The van der Waals surface area contributed by atoms with Crippen molar-refractivity contribution in [3.63, 3.8) is 0 Å². The van der Waals surface area contributed by atoms with Crippen molar-refractivity contribution >= 4 is 105 Å². The monoisotopic (exact) mass is 801 g/mol. The van der Waals surface area contributed by atoms with E-state index in [0.29, 0.717) is 0 Å². The highest BCUT2D eigenvalue weighted by Crippen LogP contribution is 2.43. The molecule has 0 aliphatic carbocycles. The highest BCUT2D eigenvalue weighted by Gasteiger charge is 2.26. The van der Waals surface area contributed by atoms with E-state index in [0.717, 1.165) is 55.7 Å². The normalized spacial score (nSPS) is 12.1. The van der Waals surface area contributed by atoms with Gasteiger partial charge in [0.25, 0.3) is 0 Å². The average molecular weight is 802 g/mol. The van der Waals surface area contributed by atoms with Crippen molar-refractivity contribution in [2.45, 2.75) is 6.42 Å². The Morgan fingerprint density at radius 2 is 1.08 bits per heavy atom. The molecule has 60 heavy (non-hydrogen) atoms. The minimum Gasteiger partial charge on any atom is -0.291 e. The number of hydrogen-bond donors (Lipinski definition) is 0. The number of hydrogen-bond acceptors (Lipinski definition) is 3. The molecule has 0 radical (unpaired) electrons. The van der Waals surface area contributed by atoms with Crippen molar-refractivity contribution in [2.75, 3.05) is 0 Å². The lowest BCUT2D eigenvalue weighted by Gasteiger charge is -2.23. The zero-order valence-corrected chi connectivity index (χ0v) is 34.2. The lowest BCUT2D eigenvalue weighted by atomic mass is 9.93. The van der Waals surface area contributed by atoms with Gasteiger partial charge in [0.1, 0.15) is 5.65 Å². The van der Waals surface area contributed by atoms with Crippen molar-refractivity contribution < 1.29 is 0 Å². The standard InChI is InChI=1S/C55H36N3PS/c60-59(42-14-3-1-4-15-42,43-16-5-2-6-17-43)53-30-26-40(35-56-53)37-24-27-46-39(33-37)25-28-49-48-21-11-12-22-50(48)55-57-51-32-36(23-29-52(51)58(55)54(46)49)31-41-34-38-13-7-8-18-44(38)47-20-10-9-19-45(41)47/h1-30,32-35H,31H2. The molecular formula is C55H36N3PS. The largest absolute Gasteiger partial charge is 0.291 e. The predicted molar refractivity (Wildman–Crippen MR) is 259 cm³/mol. The van der Waals surface area contributed by atoms with Gasteiger partial charge in [-0.3, -0.25) is 9.38 Å². The van der Waals surface area contributed by atoms with Crippen LogP contribution in [-0.2, 0) is 18.2 Å². The third kappa shape index (κ3) is 5.45. The summed E-state index contributed by atoms with van der Waals surface area (Å²) in [6.07, 6.45) is 2.82. The highest BCUT2D eigenvalue weighted by atomic mass is 32.4. The lowest BCUT2D eigenvalue weighted by molar-refractivity contribution is 1.22. The Hall–Kier alpha value is -6.97. The zero-order chi connectivity index (χ0) is 39.8. The number of aromatic nitrogens is 3. The third-order valence-corrected chi connectivity index (χ3v) is 17.1. The van der Waals surface area contributed by atoms with Crippen molar-refractivity contribution in [3.8, 4) is 11.1 Å². The van der Waals surface area contributed by atoms with E-state index in [1.54, 1.807) is 0 Å². The molecule has 0 amide bonds. The van der Waals surface area contributed by atoms with Crippen molar-refractivity contribution in [1.82, 2.24) is 14.4 Å². The molecule has 282 valence electrons. The molecule has 12 aromatic rings. The van der Waals surface area contributed by atoms with Crippen LogP contribution in [0.5, 0.6) is 0 Å². The fourth-order valence-corrected chi connectivity index (χ4v) is 13.0. The molecule has 0 saturated carbocycles. The number of fused-ring (bicyclic) bond motifs is 13. The Morgan fingerprint density at radius 3 is 1.82 bits per heavy atom. The van der Waals surface area contributed by atoms with Gasteiger partial charge in [-0.15, -0.1) is 0 Å². The molecule has 5 heteroatoms. The summed E-state index contributed by atoms with van der Waals surface area (Å²) < 4.78 is 2.39. The van der Waals surface area contributed by atoms with Gasteiger partial charge in [0.05, 0.1) is 28.0 Å². The molecule has 0 aliphatic heterocycles. The molecule has 0 atom stereocenters. The summed E-state index contributed by atoms with van der Waals surface area (Å²) in [7, 11) is 0. The summed E-state index contributed by atoms with van der Waals surface area (Å²) in [5.41, 5.74) is 9.95. The van der Waals surface area contributed by atoms with Gasteiger partial charge in [-0.05, 0) is 90.3 Å². The second kappa shape index (κ2) is 13.8. The number of imidazole rings is 1. The van der Waals surface area contributed by atoms with Gasteiger partial charge in [-0.25, -0.2) is 4.98 Å². The molecule has 0 N–H and O–H groups in total. The topological polar surface area (TPSA) is 30.2 Å². The number of benzene rings is 9. The SMILES string of the molecule is S=P(c1ccccc1)(c1ccccc1)c1ccc(-c2ccc3c(ccc4c5ccccc5c5nc6cc(Cc7cc8ccccc8c8ccccc78)ccc6n5c34)c2)cn1. The van der Waals surface area contributed by atoms with Crippen LogP contribution in [-0.4, -0.2) is 14.4 Å². The highest BCUT2D eigenvalue weighted by molar-refractivity contribution is 8.25. The van der Waals surface area contributed by atoms with Gasteiger partial charge in [-0.1, -0.05) is 188 Å². The van der Waals surface area contributed by atoms with E-state index < -0.39 is 6.04 Å². The molecule has 12 rings (SSSR count). The van der Waals surface area contributed by atoms with Crippen LogP contribution >= 0.6 is 6.04 Å². The van der Waals surface area contributed by atoms with E-state index in [-0.39, 0.29) is 0 Å². The molecule has 0 bridgehead atoms. The van der Waals surface area contributed by atoms with Crippen LogP contribution < -0.4 is 16.0 Å². The maximum absolute atomic E-state index is 6.58. The Kier molecular flexibility index (Phi) is 8.06. The third-order valence-electron chi connectivity index (χ3n) is 12.3. The summed E-state index contributed by atoms with van der Waals surface area (Å²) in [4.78, 5) is 10.5. The maximum atomic E-state index is 6.58.